The van der Waals surface area contributed by atoms with Crippen LogP contribution in [-0.4, -0.2) is 16.2 Å². The fourth-order valence-corrected chi connectivity index (χ4v) is 2.42. The van der Waals surface area contributed by atoms with Gasteiger partial charge in [-0.2, -0.15) is 0 Å². The highest BCUT2D eigenvalue weighted by molar-refractivity contribution is 6.01. The van der Waals surface area contributed by atoms with Gasteiger partial charge in [0.2, 0.25) is 0 Å². The lowest BCUT2D eigenvalue weighted by molar-refractivity contribution is 0.0697. The predicted octanol–water partition coefficient (Wildman–Crippen LogP) is 3.63. The Bertz CT molecular complexity index is 889. The second-order valence-corrected chi connectivity index (χ2v) is 4.90. The zero-order valence-corrected chi connectivity index (χ0v) is 11.4. The lowest BCUT2D eigenvalue weighted by atomic mass is 9.97. The largest absolute Gasteiger partial charge is 0.505 e. The standard InChI is InChI=1S/C17H12FNO3/c18-15-12-6-5-11(16(19)13(12)7-8-14(15)20)9-1-3-10(4-2-9)17(21)22/h1-8,20H,19H2,(H,21,22). The summed E-state index contributed by atoms with van der Waals surface area (Å²) in [7, 11) is 0. The normalized spacial score (nSPS) is 10.8. The van der Waals surface area contributed by atoms with Gasteiger partial charge in [-0.25, -0.2) is 9.18 Å². The van der Waals surface area contributed by atoms with E-state index in [1.165, 1.54) is 18.2 Å². The Kier molecular flexibility index (Phi) is 3.18. The summed E-state index contributed by atoms with van der Waals surface area (Å²) >= 11 is 0. The van der Waals surface area contributed by atoms with E-state index in [0.29, 0.717) is 16.6 Å². The Morgan fingerprint density at radius 2 is 1.59 bits per heavy atom. The summed E-state index contributed by atoms with van der Waals surface area (Å²) < 4.78 is 13.9. The molecule has 22 heavy (non-hydrogen) atoms. The predicted molar refractivity (Wildman–Crippen MR) is 82.4 cm³/mol. The van der Waals surface area contributed by atoms with Crippen LogP contribution in [0.5, 0.6) is 5.75 Å². The molecule has 0 atom stereocenters. The Labute approximate surface area is 125 Å². The van der Waals surface area contributed by atoms with Crippen LogP contribution in [0.15, 0.2) is 48.5 Å². The van der Waals surface area contributed by atoms with Crippen LogP contribution >= 0.6 is 0 Å². The van der Waals surface area contributed by atoms with Gasteiger partial charge in [-0.1, -0.05) is 24.3 Å². The number of phenols is 1. The molecule has 0 unspecified atom stereocenters. The number of hydrogen-bond acceptors (Lipinski definition) is 3. The quantitative estimate of drug-likeness (QED) is 0.631. The summed E-state index contributed by atoms with van der Waals surface area (Å²) in [5.74, 6) is -2.14. The summed E-state index contributed by atoms with van der Waals surface area (Å²) in [5, 5.41) is 19.0. The van der Waals surface area contributed by atoms with Gasteiger partial charge in [0.05, 0.1) is 5.56 Å². The number of halogens is 1. The van der Waals surface area contributed by atoms with Crippen molar-refractivity contribution in [1.29, 1.82) is 0 Å². The van der Waals surface area contributed by atoms with Crippen molar-refractivity contribution in [2.45, 2.75) is 0 Å². The third-order valence-electron chi connectivity index (χ3n) is 3.60. The average Bonchev–Trinajstić information content (AvgIpc) is 2.51. The number of aromatic hydroxyl groups is 1. The molecule has 3 aromatic rings. The van der Waals surface area contributed by atoms with E-state index >= 15 is 0 Å². The van der Waals surface area contributed by atoms with Crippen LogP contribution in [-0.2, 0) is 0 Å². The van der Waals surface area contributed by atoms with Gasteiger partial charge in [-0.05, 0) is 29.8 Å². The molecule has 0 radical (unpaired) electrons. The maximum atomic E-state index is 13.9. The molecule has 110 valence electrons. The third-order valence-corrected chi connectivity index (χ3v) is 3.60. The number of phenolic OH excluding ortho intramolecular Hbond substituents is 1. The second kappa shape index (κ2) is 5.04. The number of rotatable bonds is 2. The molecular formula is C17H12FNO3. The zero-order valence-electron chi connectivity index (χ0n) is 11.4. The van der Waals surface area contributed by atoms with Gasteiger partial charge >= 0.3 is 5.97 Å². The number of fused-ring (bicyclic) bond motifs is 1. The van der Waals surface area contributed by atoms with Crippen LogP contribution in [0.3, 0.4) is 0 Å². The van der Waals surface area contributed by atoms with Crippen LogP contribution in [0.25, 0.3) is 21.9 Å². The van der Waals surface area contributed by atoms with Crippen LogP contribution in [0.4, 0.5) is 10.1 Å². The van der Waals surface area contributed by atoms with E-state index in [2.05, 4.69) is 0 Å². The monoisotopic (exact) mass is 297 g/mol. The first-order chi connectivity index (χ1) is 10.5. The third kappa shape index (κ3) is 2.13. The van der Waals surface area contributed by atoms with Crippen LogP contribution in [0, 0.1) is 5.82 Å². The van der Waals surface area contributed by atoms with Crippen molar-refractivity contribution < 1.29 is 19.4 Å². The molecule has 4 N–H and O–H groups in total. The Morgan fingerprint density at radius 3 is 2.23 bits per heavy atom. The average molecular weight is 297 g/mol. The fraction of sp³-hybridized carbons (Fsp3) is 0. The minimum absolute atomic E-state index is 0.180. The Morgan fingerprint density at radius 1 is 0.955 bits per heavy atom. The maximum Gasteiger partial charge on any atom is 0.335 e. The van der Waals surface area contributed by atoms with E-state index in [0.717, 1.165) is 5.56 Å². The lowest BCUT2D eigenvalue weighted by Crippen LogP contribution is -1.96. The van der Waals surface area contributed by atoms with Gasteiger partial charge in [-0.15, -0.1) is 0 Å². The maximum absolute atomic E-state index is 13.9. The summed E-state index contributed by atoms with van der Waals surface area (Å²) in [6.45, 7) is 0. The minimum Gasteiger partial charge on any atom is -0.505 e. The first-order valence-electron chi connectivity index (χ1n) is 6.52. The topological polar surface area (TPSA) is 83.6 Å². The smallest absolute Gasteiger partial charge is 0.335 e. The summed E-state index contributed by atoms with van der Waals surface area (Å²) in [6.07, 6.45) is 0. The number of benzene rings is 3. The van der Waals surface area contributed by atoms with E-state index < -0.39 is 17.5 Å². The highest BCUT2D eigenvalue weighted by atomic mass is 19.1. The Hall–Kier alpha value is -3.08. The van der Waals surface area contributed by atoms with E-state index in [9.17, 15) is 14.3 Å². The molecule has 0 spiro atoms. The van der Waals surface area contributed by atoms with Gasteiger partial charge in [0.25, 0.3) is 0 Å². The molecule has 3 rings (SSSR count). The van der Waals surface area contributed by atoms with E-state index in [1.807, 2.05) is 0 Å². The molecular weight excluding hydrogens is 285 g/mol. The number of nitrogens with two attached hydrogens (primary N) is 1. The number of nitrogen functional groups attached to an aromatic ring is 1. The molecule has 3 aromatic carbocycles. The Balaban J connectivity index is 2.18. The van der Waals surface area contributed by atoms with Crippen molar-refractivity contribution in [2.24, 2.45) is 0 Å². The number of carbonyl (C=O) groups is 1. The summed E-state index contributed by atoms with van der Waals surface area (Å²) in [6, 6.07) is 12.3. The van der Waals surface area contributed by atoms with Gasteiger partial charge in [0.1, 0.15) is 0 Å². The highest BCUT2D eigenvalue weighted by Gasteiger charge is 2.12. The van der Waals surface area contributed by atoms with Crippen LogP contribution < -0.4 is 5.73 Å². The number of carboxylic acids is 1. The molecule has 0 saturated carbocycles. The molecule has 0 aromatic heterocycles. The first-order valence-corrected chi connectivity index (χ1v) is 6.52. The van der Waals surface area contributed by atoms with Crippen molar-refractivity contribution in [3.05, 3.63) is 59.9 Å². The number of carboxylic acid groups (broad SMARTS) is 1. The van der Waals surface area contributed by atoms with Gasteiger partial charge in [0.15, 0.2) is 11.6 Å². The minimum atomic E-state index is -1.00. The molecule has 0 aliphatic carbocycles. The van der Waals surface area contributed by atoms with E-state index in [1.54, 1.807) is 30.3 Å². The lowest BCUT2D eigenvalue weighted by Gasteiger charge is -2.11. The number of anilines is 1. The van der Waals surface area contributed by atoms with Crippen molar-refractivity contribution in [3.8, 4) is 16.9 Å². The fourth-order valence-electron chi connectivity index (χ4n) is 2.42. The van der Waals surface area contributed by atoms with Crippen molar-refractivity contribution in [2.75, 3.05) is 5.73 Å². The molecule has 0 aliphatic rings. The molecule has 0 bridgehead atoms. The molecule has 0 amide bonds. The van der Waals surface area contributed by atoms with Crippen molar-refractivity contribution in [1.82, 2.24) is 0 Å². The van der Waals surface area contributed by atoms with Crippen LogP contribution in [0.1, 0.15) is 10.4 Å². The molecule has 0 fully saturated rings. The van der Waals surface area contributed by atoms with E-state index in [4.69, 9.17) is 10.8 Å². The number of hydrogen-bond donors (Lipinski definition) is 3. The second-order valence-electron chi connectivity index (χ2n) is 4.90. The van der Waals surface area contributed by atoms with Crippen LogP contribution in [0.2, 0.25) is 0 Å². The van der Waals surface area contributed by atoms with Gasteiger partial charge in [-0.3, -0.25) is 0 Å². The summed E-state index contributed by atoms with van der Waals surface area (Å²) in [5.41, 5.74) is 8.07. The SMILES string of the molecule is Nc1c(-c2ccc(C(=O)O)cc2)ccc2c(F)c(O)ccc12. The van der Waals surface area contributed by atoms with Crippen molar-refractivity contribution >= 4 is 22.4 Å². The molecule has 0 saturated heterocycles. The molecule has 0 aliphatic heterocycles. The molecule has 4 nitrogen and oxygen atoms in total. The van der Waals surface area contributed by atoms with E-state index in [-0.39, 0.29) is 10.9 Å². The summed E-state index contributed by atoms with van der Waals surface area (Å²) in [4.78, 5) is 10.9. The zero-order chi connectivity index (χ0) is 15.9. The van der Waals surface area contributed by atoms with Gasteiger partial charge in [0, 0.05) is 22.0 Å². The first kappa shape index (κ1) is 13.9. The van der Waals surface area contributed by atoms with Crippen molar-refractivity contribution in [3.63, 3.8) is 0 Å². The number of aromatic carboxylic acids is 1. The molecule has 0 heterocycles. The van der Waals surface area contributed by atoms with Gasteiger partial charge < -0.3 is 15.9 Å². The molecule has 5 heteroatoms. The highest BCUT2D eigenvalue weighted by Crippen LogP contribution is 2.35.